The molecule has 1 aromatic heterocycles. The quantitative estimate of drug-likeness (QED) is 0.725. The van der Waals surface area contributed by atoms with Gasteiger partial charge in [0.1, 0.15) is 0 Å². The van der Waals surface area contributed by atoms with E-state index in [0.717, 1.165) is 33.0 Å². The molecule has 2 aromatic carbocycles. The van der Waals surface area contributed by atoms with E-state index in [-0.39, 0.29) is 6.42 Å². The van der Waals surface area contributed by atoms with Gasteiger partial charge in [-0.1, -0.05) is 35.9 Å². The smallest absolute Gasteiger partial charge is 0.307 e. The molecule has 0 saturated heterocycles. The molecule has 0 spiro atoms. The van der Waals surface area contributed by atoms with Crippen LogP contribution in [0, 0.1) is 0 Å². The maximum absolute atomic E-state index is 11.2. The summed E-state index contributed by atoms with van der Waals surface area (Å²) in [4.78, 5) is 14.5. The van der Waals surface area contributed by atoms with E-state index in [1.165, 1.54) is 0 Å². The number of hydrogen-bond donors (Lipinski definition) is 2. The van der Waals surface area contributed by atoms with Gasteiger partial charge in [-0.25, -0.2) is 0 Å². The molecule has 3 aromatic rings. The Morgan fingerprint density at radius 2 is 2.00 bits per heavy atom. The third kappa shape index (κ3) is 2.67. The van der Waals surface area contributed by atoms with Gasteiger partial charge in [0.15, 0.2) is 0 Å². The van der Waals surface area contributed by atoms with Crippen LogP contribution in [0.4, 0.5) is 0 Å². The lowest BCUT2D eigenvalue weighted by atomic mass is 10.0. The lowest BCUT2D eigenvalue weighted by Gasteiger charge is -2.05. The summed E-state index contributed by atoms with van der Waals surface area (Å²) in [6.07, 6.45) is -0.0197. The van der Waals surface area contributed by atoms with Gasteiger partial charge in [0.25, 0.3) is 0 Å². The Balaban J connectivity index is 2.25. The average molecular weight is 318 g/mol. The molecule has 0 saturated carbocycles. The van der Waals surface area contributed by atoms with E-state index in [9.17, 15) is 9.90 Å². The maximum atomic E-state index is 11.2. The molecule has 0 fully saturated rings. The van der Waals surface area contributed by atoms with Crippen molar-refractivity contribution in [3.63, 3.8) is 0 Å². The fraction of sp³-hybridized carbons (Fsp3) is 0.0625. The minimum absolute atomic E-state index is 0.0197. The molecule has 0 aliphatic carbocycles. The van der Waals surface area contributed by atoms with Crippen LogP contribution in [0.5, 0.6) is 0 Å². The van der Waals surface area contributed by atoms with E-state index < -0.39 is 5.97 Å². The Bertz CT molecular complexity index is 841. The van der Waals surface area contributed by atoms with Crippen LogP contribution in [0.25, 0.3) is 22.2 Å². The standard InChI is InChI=1S/C16H13ClNO2P/c17-12-6-5-9(7-14(12)21)16-11(8-15(19)20)10-3-1-2-4-13(10)18-16/h1-7,18H,8,21H2,(H,19,20). The molecule has 106 valence electrons. The Morgan fingerprint density at radius 3 is 2.71 bits per heavy atom. The summed E-state index contributed by atoms with van der Waals surface area (Å²) in [5, 5.41) is 11.7. The number of aliphatic carboxylic acids is 1. The van der Waals surface area contributed by atoms with Crippen molar-refractivity contribution in [2.75, 3.05) is 0 Å². The monoisotopic (exact) mass is 317 g/mol. The van der Waals surface area contributed by atoms with Crippen LogP contribution in [-0.2, 0) is 11.2 Å². The molecule has 1 heterocycles. The zero-order valence-electron chi connectivity index (χ0n) is 11.1. The maximum Gasteiger partial charge on any atom is 0.307 e. The van der Waals surface area contributed by atoms with Crippen molar-refractivity contribution in [2.45, 2.75) is 6.42 Å². The minimum atomic E-state index is -0.846. The highest BCUT2D eigenvalue weighted by molar-refractivity contribution is 7.28. The van der Waals surface area contributed by atoms with Gasteiger partial charge in [0, 0.05) is 15.9 Å². The molecule has 0 radical (unpaired) electrons. The molecule has 3 rings (SSSR count). The van der Waals surface area contributed by atoms with E-state index in [0.29, 0.717) is 5.02 Å². The Kier molecular flexibility index (Phi) is 3.71. The van der Waals surface area contributed by atoms with Crippen molar-refractivity contribution in [1.29, 1.82) is 0 Å². The number of carboxylic acids is 1. The number of para-hydroxylation sites is 1. The van der Waals surface area contributed by atoms with Gasteiger partial charge < -0.3 is 10.1 Å². The Hall–Kier alpha value is -1.83. The topological polar surface area (TPSA) is 53.1 Å². The van der Waals surface area contributed by atoms with Crippen molar-refractivity contribution in [2.24, 2.45) is 0 Å². The van der Waals surface area contributed by atoms with Crippen LogP contribution in [0.2, 0.25) is 5.02 Å². The zero-order chi connectivity index (χ0) is 15.0. The number of aromatic nitrogens is 1. The number of halogens is 1. The Labute approximate surface area is 129 Å². The lowest BCUT2D eigenvalue weighted by Crippen LogP contribution is -2.01. The highest BCUT2D eigenvalue weighted by Gasteiger charge is 2.16. The normalized spacial score (nSPS) is 11.0. The highest BCUT2D eigenvalue weighted by Crippen LogP contribution is 2.31. The van der Waals surface area contributed by atoms with E-state index in [2.05, 4.69) is 14.2 Å². The number of fused-ring (bicyclic) bond motifs is 1. The molecule has 1 unspecified atom stereocenters. The summed E-state index contributed by atoms with van der Waals surface area (Å²) >= 11 is 6.05. The van der Waals surface area contributed by atoms with Crippen molar-refractivity contribution in [3.8, 4) is 11.3 Å². The molecular formula is C16H13ClNO2P. The summed E-state index contributed by atoms with van der Waals surface area (Å²) in [6.45, 7) is 0. The van der Waals surface area contributed by atoms with Crippen molar-refractivity contribution < 1.29 is 9.90 Å². The van der Waals surface area contributed by atoms with Gasteiger partial charge in [-0.2, -0.15) is 0 Å². The summed E-state index contributed by atoms with van der Waals surface area (Å²) in [5.74, 6) is -0.846. The fourth-order valence-electron chi connectivity index (χ4n) is 2.48. The number of aromatic amines is 1. The molecule has 2 N–H and O–H groups in total. The van der Waals surface area contributed by atoms with E-state index in [1.807, 2.05) is 42.5 Å². The van der Waals surface area contributed by atoms with Crippen LogP contribution in [0.1, 0.15) is 5.56 Å². The molecule has 0 amide bonds. The summed E-state index contributed by atoms with van der Waals surface area (Å²) in [5.41, 5.74) is 3.49. The van der Waals surface area contributed by atoms with E-state index in [1.54, 1.807) is 0 Å². The second-order valence-corrected chi connectivity index (χ2v) is 5.86. The first kappa shape index (κ1) is 14.1. The molecule has 5 heteroatoms. The molecule has 0 aliphatic rings. The molecule has 0 aliphatic heterocycles. The second kappa shape index (κ2) is 5.51. The fourth-order valence-corrected chi connectivity index (χ4v) is 2.87. The first-order chi connectivity index (χ1) is 10.1. The summed E-state index contributed by atoms with van der Waals surface area (Å²) in [7, 11) is 2.59. The predicted octanol–water partition coefficient (Wildman–Crippen LogP) is 3.62. The van der Waals surface area contributed by atoms with Crippen molar-refractivity contribution in [3.05, 3.63) is 53.1 Å². The molecule has 3 nitrogen and oxygen atoms in total. The molecule has 21 heavy (non-hydrogen) atoms. The van der Waals surface area contributed by atoms with Crippen LogP contribution < -0.4 is 5.30 Å². The minimum Gasteiger partial charge on any atom is -0.481 e. The van der Waals surface area contributed by atoms with Crippen molar-refractivity contribution in [1.82, 2.24) is 4.98 Å². The number of nitrogens with one attached hydrogen (secondary N) is 1. The number of rotatable bonds is 3. The first-order valence-corrected chi connectivity index (χ1v) is 7.38. The van der Waals surface area contributed by atoms with E-state index >= 15 is 0 Å². The molecule has 1 atom stereocenters. The highest BCUT2D eigenvalue weighted by atomic mass is 35.5. The van der Waals surface area contributed by atoms with Gasteiger partial charge in [-0.05, 0) is 34.6 Å². The number of hydrogen-bond acceptors (Lipinski definition) is 1. The van der Waals surface area contributed by atoms with Gasteiger partial charge in [-0.3, -0.25) is 4.79 Å². The molecular weight excluding hydrogens is 305 g/mol. The summed E-state index contributed by atoms with van der Waals surface area (Å²) < 4.78 is 0. The Morgan fingerprint density at radius 1 is 1.24 bits per heavy atom. The zero-order valence-corrected chi connectivity index (χ0v) is 13.0. The third-order valence-electron chi connectivity index (χ3n) is 3.43. The number of benzene rings is 2. The summed E-state index contributed by atoms with van der Waals surface area (Å²) in [6, 6.07) is 13.4. The van der Waals surface area contributed by atoms with Gasteiger partial charge >= 0.3 is 5.97 Å². The largest absolute Gasteiger partial charge is 0.481 e. The van der Waals surface area contributed by atoms with Crippen LogP contribution in [-0.4, -0.2) is 16.1 Å². The SMILES string of the molecule is O=C(O)Cc1c(-c2ccc(Cl)c(P)c2)[nH]c2ccccc12. The molecule has 0 bridgehead atoms. The van der Waals surface area contributed by atoms with Gasteiger partial charge in [0.05, 0.1) is 12.1 Å². The predicted molar refractivity (Wildman–Crippen MR) is 89.4 cm³/mol. The first-order valence-electron chi connectivity index (χ1n) is 6.43. The lowest BCUT2D eigenvalue weighted by molar-refractivity contribution is -0.136. The number of carbonyl (C=O) groups is 1. The second-order valence-electron chi connectivity index (χ2n) is 4.83. The van der Waals surface area contributed by atoms with Gasteiger partial charge in [-0.15, -0.1) is 9.24 Å². The number of H-pyrrole nitrogens is 1. The van der Waals surface area contributed by atoms with E-state index in [4.69, 9.17) is 11.6 Å². The number of carboxylic acid groups (broad SMARTS) is 1. The van der Waals surface area contributed by atoms with Crippen LogP contribution >= 0.6 is 20.8 Å². The van der Waals surface area contributed by atoms with Crippen LogP contribution in [0.3, 0.4) is 0 Å². The van der Waals surface area contributed by atoms with Crippen molar-refractivity contribution >= 4 is 43.0 Å². The average Bonchev–Trinajstić information content (AvgIpc) is 2.80. The third-order valence-corrected chi connectivity index (χ3v) is 4.43. The van der Waals surface area contributed by atoms with Crippen LogP contribution in [0.15, 0.2) is 42.5 Å². The van der Waals surface area contributed by atoms with Gasteiger partial charge in [0.2, 0.25) is 0 Å².